The zero-order valence-corrected chi connectivity index (χ0v) is 17.1. The summed E-state index contributed by atoms with van der Waals surface area (Å²) in [5.41, 5.74) is 0.106. The summed E-state index contributed by atoms with van der Waals surface area (Å²) in [4.78, 5) is 11.8. The lowest BCUT2D eigenvalue weighted by Gasteiger charge is -2.25. The summed E-state index contributed by atoms with van der Waals surface area (Å²) in [6.07, 6.45) is 10.5. The summed E-state index contributed by atoms with van der Waals surface area (Å²) >= 11 is 1.79. The topological polar surface area (TPSA) is 37.3 Å². The quantitative estimate of drug-likeness (QED) is 0.381. The molecule has 1 N–H and O–H groups in total. The molecule has 0 aliphatic carbocycles. The van der Waals surface area contributed by atoms with Gasteiger partial charge >= 0.3 is 5.97 Å². The van der Waals surface area contributed by atoms with Gasteiger partial charge in [-0.3, -0.25) is 4.79 Å². The molecule has 0 saturated carbocycles. The van der Waals surface area contributed by atoms with Crippen LogP contribution in [0.15, 0.2) is 30.3 Å². The molecule has 1 aromatic carbocycles. The zero-order valence-electron chi connectivity index (χ0n) is 16.3. The lowest BCUT2D eigenvalue weighted by molar-refractivity contribution is -0.142. The Kier molecular flexibility index (Phi) is 11.0. The highest BCUT2D eigenvalue weighted by Crippen LogP contribution is 2.29. The van der Waals surface area contributed by atoms with Gasteiger partial charge in [-0.15, -0.1) is 0 Å². The molecule has 142 valence electrons. The summed E-state index contributed by atoms with van der Waals surface area (Å²) in [5, 5.41) is 9.71. The molecule has 3 heteroatoms. The van der Waals surface area contributed by atoms with Crippen molar-refractivity contribution in [3.05, 3.63) is 35.9 Å². The largest absolute Gasteiger partial charge is 0.481 e. The van der Waals surface area contributed by atoms with E-state index in [0.717, 1.165) is 17.2 Å². The third-order valence-corrected chi connectivity index (χ3v) is 6.47. The Bertz CT molecular complexity index is 466. The van der Waals surface area contributed by atoms with Gasteiger partial charge in [-0.2, -0.15) is 11.8 Å². The van der Waals surface area contributed by atoms with Crippen molar-refractivity contribution in [1.82, 2.24) is 0 Å². The fraction of sp³-hybridized carbons (Fsp3) is 0.682. The van der Waals surface area contributed by atoms with Gasteiger partial charge in [-0.25, -0.2) is 0 Å². The normalized spacial score (nSPS) is 13.8. The Morgan fingerprint density at radius 2 is 1.60 bits per heavy atom. The number of aliphatic carboxylic acids is 1. The van der Waals surface area contributed by atoms with Gasteiger partial charge in [-0.1, -0.05) is 82.7 Å². The van der Waals surface area contributed by atoms with Crippen LogP contribution in [-0.2, 0) is 10.2 Å². The molecule has 1 rings (SSSR count). The number of carbonyl (C=O) groups is 1. The molecule has 0 aliphatic heterocycles. The summed E-state index contributed by atoms with van der Waals surface area (Å²) in [6, 6.07) is 9.65. The maximum absolute atomic E-state index is 11.8. The summed E-state index contributed by atoms with van der Waals surface area (Å²) in [6.45, 7) is 6.38. The first-order valence-electron chi connectivity index (χ1n) is 9.91. The van der Waals surface area contributed by atoms with Crippen LogP contribution in [0.25, 0.3) is 0 Å². The number of thioether (sulfide) groups is 1. The van der Waals surface area contributed by atoms with Gasteiger partial charge < -0.3 is 5.11 Å². The Hall–Kier alpha value is -0.960. The van der Waals surface area contributed by atoms with Gasteiger partial charge in [0.15, 0.2) is 0 Å². The molecule has 1 unspecified atom stereocenters. The van der Waals surface area contributed by atoms with Gasteiger partial charge in [-0.05, 0) is 37.0 Å². The predicted molar refractivity (Wildman–Crippen MR) is 111 cm³/mol. The molecule has 0 saturated heterocycles. The molecule has 0 spiro atoms. The second kappa shape index (κ2) is 12.4. The molecule has 0 fully saturated rings. The van der Waals surface area contributed by atoms with Crippen LogP contribution in [0, 0.1) is 5.92 Å². The molecule has 0 amide bonds. The van der Waals surface area contributed by atoms with Crippen LogP contribution in [0.1, 0.15) is 77.7 Å². The van der Waals surface area contributed by atoms with Crippen molar-refractivity contribution in [2.24, 2.45) is 5.92 Å². The summed E-state index contributed by atoms with van der Waals surface area (Å²) in [7, 11) is 0. The third-order valence-electron chi connectivity index (χ3n) is 5.11. The first kappa shape index (κ1) is 22.1. The van der Waals surface area contributed by atoms with Crippen molar-refractivity contribution < 1.29 is 9.90 Å². The fourth-order valence-corrected chi connectivity index (χ4v) is 4.46. The molecule has 2 nitrogen and oxygen atoms in total. The predicted octanol–water partition coefficient (Wildman–Crippen LogP) is 6.54. The third kappa shape index (κ3) is 7.85. The summed E-state index contributed by atoms with van der Waals surface area (Å²) < 4.78 is 0. The van der Waals surface area contributed by atoms with E-state index in [1.54, 1.807) is 11.8 Å². The van der Waals surface area contributed by atoms with Gasteiger partial charge in [0.05, 0.1) is 5.41 Å². The molecule has 0 radical (unpaired) electrons. The van der Waals surface area contributed by atoms with E-state index in [1.165, 1.54) is 51.4 Å². The highest BCUT2D eigenvalue weighted by atomic mass is 32.2. The van der Waals surface area contributed by atoms with Gasteiger partial charge in [0, 0.05) is 5.75 Å². The van der Waals surface area contributed by atoms with E-state index in [0.29, 0.717) is 5.75 Å². The SMILES string of the molecule is CCCCC(CCCC)CCCSCC(C)(C(=O)O)c1ccccc1. The highest BCUT2D eigenvalue weighted by molar-refractivity contribution is 7.99. The van der Waals surface area contributed by atoms with Crippen molar-refractivity contribution in [3.63, 3.8) is 0 Å². The molecule has 0 bridgehead atoms. The second-order valence-electron chi connectivity index (χ2n) is 7.35. The number of rotatable bonds is 14. The van der Waals surface area contributed by atoms with Crippen molar-refractivity contribution in [3.8, 4) is 0 Å². The van der Waals surface area contributed by atoms with E-state index < -0.39 is 11.4 Å². The van der Waals surface area contributed by atoms with E-state index in [4.69, 9.17) is 0 Å². The number of benzene rings is 1. The molecular formula is C22H36O2S. The second-order valence-corrected chi connectivity index (χ2v) is 8.45. The Balaban J connectivity index is 2.42. The molecule has 0 aromatic heterocycles. The molecule has 0 heterocycles. The van der Waals surface area contributed by atoms with Crippen molar-refractivity contribution >= 4 is 17.7 Å². The minimum absolute atomic E-state index is 0.640. The smallest absolute Gasteiger partial charge is 0.314 e. The molecule has 25 heavy (non-hydrogen) atoms. The van der Waals surface area contributed by atoms with E-state index in [-0.39, 0.29) is 0 Å². The monoisotopic (exact) mass is 364 g/mol. The van der Waals surface area contributed by atoms with Crippen LogP contribution in [0.2, 0.25) is 0 Å². The number of hydrogen-bond acceptors (Lipinski definition) is 2. The first-order chi connectivity index (χ1) is 12.0. The molecule has 0 aliphatic rings. The van der Waals surface area contributed by atoms with Gasteiger partial charge in [0.25, 0.3) is 0 Å². The van der Waals surface area contributed by atoms with Crippen LogP contribution in [0.3, 0.4) is 0 Å². The van der Waals surface area contributed by atoms with Crippen LogP contribution >= 0.6 is 11.8 Å². The Labute approximate surface area is 158 Å². The Morgan fingerprint density at radius 1 is 1.04 bits per heavy atom. The number of unbranched alkanes of at least 4 members (excludes halogenated alkanes) is 2. The lowest BCUT2D eigenvalue weighted by Crippen LogP contribution is -2.35. The zero-order chi connectivity index (χ0) is 18.5. The van der Waals surface area contributed by atoms with Crippen molar-refractivity contribution in [1.29, 1.82) is 0 Å². The van der Waals surface area contributed by atoms with Crippen molar-refractivity contribution in [2.75, 3.05) is 11.5 Å². The number of carboxylic acids is 1. The fourth-order valence-electron chi connectivity index (χ4n) is 3.24. The molecule has 1 atom stereocenters. The van der Waals surface area contributed by atoms with Crippen LogP contribution < -0.4 is 0 Å². The van der Waals surface area contributed by atoms with Crippen LogP contribution in [0.5, 0.6) is 0 Å². The minimum atomic E-state index is -0.796. The molecule has 1 aromatic rings. The highest BCUT2D eigenvalue weighted by Gasteiger charge is 2.34. The van der Waals surface area contributed by atoms with E-state index >= 15 is 0 Å². The first-order valence-corrected chi connectivity index (χ1v) is 11.1. The summed E-state index contributed by atoms with van der Waals surface area (Å²) in [5.74, 6) is 1.83. The lowest BCUT2D eigenvalue weighted by atomic mass is 9.85. The Morgan fingerprint density at radius 3 is 2.12 bits per heavy atom. The van der Waals surface area contributed by atoms with Gasteiger partial charge in [0.1, 0.15) is 0 Å². The van der Waals surface area contributed by atoms with Crippen molar-refractivity contribution in [2.45, 2.75) is 77.6 Å². The number of hydrogen-bond donors (Lipinski definition) is 1. The molecular weight excluding hydrogens is 328 g/mol. The van der Waals surface area contributed by atoms with E-state index in [1.807, 2.05) is 37.3 Å². The van der Waals surface area contributed by atoms with Crippen LogP contribution in [-0.4, -0.2) is 22.6 Å². The average molecular weight is 365 g/mol. The maximum atomic E-state index is 11.8. The van der Waals surface area contributed by atoms with Crippen LogP contribution in [0.4, 0.5) is 0 Å². The van der Waals surface area contributed by atoms with E-state index in [2.05, 4.69) is 13.8 Å². The van der Waals surface area contributed by atoms with E-state index in [9.17, 15) is 9.90 Å². The van der Waals surface area contributed by atoms with Gasteiger partial charge in [0.2, 0.25) is 0 Å². The number of carboxylic acid groups (broad SMARTS) is 1. The average Bonchev–Trinajstić information content (AvgIpc) is 2.63. The minimum Gasteiger partial charge on any atom is -0.481 e. The standard InChI is InChI=1S/C22H36O2S/c1-4-6-12-19(13-7-5-2)14-11-17-25-18-22(3,21(23)24)20-15-9-8-10-16-20/h8-10,15-16,19H,4-7,11-14,17-18H2,1-3H3,(H,23,24). The maximum Gasteiger partial charge on any atom is 0.314 e.